The zero-order chi connectivity index (χ0) is 10.7. The highest BCUT2D eigenvalue weighted by Gasteiger charge is 2.21. The fourth-order valence-electron chi connectivity index (χ4n) is 1.39. The summed E-state index contributed by atoms with van der Waals surface area (Å²) in [6.45, 7) is 1.59. The summed E-state index contributed by atoms with van der Waals surface area (Å²) in [5, 5.41) is 0. The molecule has 1 aliphatic heterocycles. The second kappa shape index (κ2) is 4.46. The molecule has 0 aromatic carbocycles. The van der Waals surface area contributed by atoms with E-state index in [1.54, 1.807) is 12.1 Å². The van der Waals surface area contributed by atoms with Crippen LogP contribution in [0.4, 0.5) is 0 Å². The molecule has 1 atom stereocenters. The van der Waals surface area contributed by atoms with Crippen LogP contribution in [-0.2, 0) is 14.2 Å². The zero-order valence-electron chi connectivity index (χ0n) is 8.39. The van der Waals surface area contributed by atoms with Crippen molar-refractivity contribution >= 4 is 5.97 Å². The molecule has 0 bridgehead atoms. The van der Waals surface area contributed by atoms with Gasteiger partial charge in [-0.15, -0.1) is 0 Å². The smallest absolute Gasteiger partial charge is 0.373 e. The Kier molecular flexibility index (Phi) is 3.03. The number of esters is 1. The van der Waals surface area contributed by atoms with Crippen LogP contribution in [0.5, 0.6) is 0 Å². The summed E-state index contributed by atoms with van der Waals surface area (Å²) in [4.78, 5) is 11.1. The molecule has 15 heavy (non-hydrogen) atoms. The van der Waals surface area contributed by atoms with Gasteiger partial charge in [-0.1, -0.05) is 0 Å². The minimum Gasteiger partial charge on any atom is -0.463 e. The third-order valence-electron chi connectivity index (χ3n) is 2.15. The minimum atomic E-state index is -0.488. The van der Waals surface area contributed by atoms with E-state index < -0.39 is 5.97 Å². The second-order valence-electron chi connectivity index (χ2n) is 3.13. The van der Waals surface area contributed by atoms with Crippen LogP contribution in [0.25, 0.3) is 0 Å². The highest BCUT2D eigenvalue weighted by atomic mass is 16.6. The van der Waals surface area contributed by atoms with Gasteiger partial charge in [0.05, 0.1) is 26.9 Å². The Bertz CT molecular complexity index is 337. The van der Waals surface area contributed by atoms with Crippen molar-refractivity contribution in [2.45, 2.75) is 6.10 Å². The summed E-state index contributed by atoms with van der Waals surface area (Å²) in [5.74, 6) is 0.287. The first-order valence-electron chi connectivity index (χ1n) is 4.68. The number of hydrogen-bond acceptors (Lipinski definition) is 5. The van der Waals surface area contributed by atoms with Crippen molar-refractivity contribution in [2.24, 2.45) is 0 Å². The molecule has 2 rings (SSSR count). The van der Waals surface area contributed by atoms with Gasteiger partial charge >= 0.3 is 5.97 Å². The number of carbonyl (C=O) groups is 1. The first-order chi connectivity index (χ1) is 7.31. The normalized spacial score (nSPS) is 21.3. The third-order valence-corrected chi connectivity index (χ3v) is 2.15. The van der Waals surface area contributed by atoms with Crippen LogP contribution in [0, 0.1) is 0 Å². The number of methoxy groups -OCH3 is 1. The Morgan fingerprint density at radius 1 is 1.47 bits per heavy atom. The molecule has 0 amide bonds. The molecule has 0 saturated carbocycles. The Hall–Kier alpha value is -1.33. The van der Waals surface area contributed by atoms with E-state index in [0.717, 1.165) is 0 Å². The quantitative estimate of drug-likeness (QED) is 0.688. The van der Waals surface area contributed by atoms with Gasteiger partial charge < -0.3 is 18.6 Å². The van der Waals surface area contributed by atoms with Crippen molar-refractivity contribution in [3.8, 4) is 0 Å². The molecule has 0 aliphatic carbocycles. The van der Waals surface area contributed by atoms with Crippen LogP contribution < -0.4 is 0 Å². The molecule has 5 heteroatoms. The van der Waals surface area contributed by atoms with Crippen molar-refractivity contribution < 1.29 is 23.4 Å². The highest BCUT2D eigenvalue weighted by Crippen LogP contribution is 2.23. The Morgan fingerprint density at radius 3 is 3.00 bits per heavy atom. The van der Waals surface area contributed by atoms with Gasteiger partial charge in [-0.2, -0.15) is 0 Å². The molecule has 1 unspecified atom stereocenters. The number of ether oxygens (including phenoxy) is 3. The predicted octanol–water partition coefficient (Wildman–Crippen LogP) is 1.15. The van der Waals surface area contributed by atoms with E-state index in [9.17, 15) is 4.79 Å². The minimum absolute atomic E-state index is 0.182. The second-order valence-corrected chi connectivity index (χ2v) is 3.13. The molecule has 0 spiro atoms. The van der Waals surface area contributed by atoms with Crippen molar-refractivity contribution in [3.05, 3.63) is 23.7 Å². The lowest BCUT2D eigenvalue weighted by molar-refractivity contribution is -0.0978. The molecule has 0 N–H and O–H groups in total. The molecular formula is C10H12O5. The topological polar surface area (TPSA) is 57.9 Å². The lowest BCUT2D eigenvalue weighted by Gasteiger charge is -2.20. The first-order valence-corrected chi connectivity index (χ1v) is 4.68. The molecule has 1 aromatic heterocycles. The molecule has 1 fully saturated rings. The molecule has 0 radical (unpaired) electrons. The monoisotopic (exact) mass is 212 g/mol. The van der Waals surface area contributed by atoms with Crippen molar-refractivity contribution in [1.29, 1.82) is 0 Å². The van der Waals surface area contributed by atoms with Crippen LogP contribution in [0.3, 0.4) is 0 Å². The van der Waals surface area contributed by atoms with Gasteiger partial charge in [0.2, 0.25) is 5.76 Å². The maximum atomic E-state index is 11.1. The van der Waals surface area contributed by atoms with E-state index >= 15 is 0 Å². The molecule has 82 valence electrons. The van der Waals surface area contributed by atoms with E-state index in [1.807, 2.05) is 0 Å². The Balaban J connectivity index is 2.08. The van der Waals surface area contributed by atoms with Crippen LogP contribution in [0.1, 0.15) is 22.4 Å². The van der Waals surface area contributed by atoms with Crippen molar-refractivity contribution in [1.82, 2.24) is 0 Å². The molecule has 1 saturated heterocycles. The van der Waals surface area contributed by atoms with E-state index in [4.69, 9.17) is 13.9 Å². The molecule has 2 heterocycles. The van der Waals surface area contributed by atoms with Gasteiger partial charge in [0.15, 0.2) is 0 Å². The average molecular weight is 212 g/mol. The summed E-state index contributed by atoms with van der Waals surface area (Å²) in [5.41, 5.74) is 0. The maximum Gasteiger partial charge on any atom is 0.373 e. The van der Waals surface area contributed by atoms with Crippen LogP contribution >= 0.6 is 0 Å². The van der Waals surface area contributed by atoms with Crippen LogP contribution in [0.15, 0.2) is 16.5 Å². The summed E-state index contributed by atoms with van der Waals surface area (Å²) >= 11 is 0. The van der Waals surface area contributed by atoms with Gasteiger partial charge in [-0.05, 0) is 12.1 Å². The fourth-order valence-corrected chi connectivity index (χ4v) is 1.39. The SMILES string of the molecule is COC(=O)c1ccc(C2COCCO2)o1. The molecule has 1 aliphatic rings. The Morgan fingerprint density at radius 2 is 2.33 bits per heavy atom. The molecule has 1 aromatic rings. The summed E-state index contributed by atoms with van der Waals surface area (Å²) in [6, 6.07) is 3.27. The van der Waals surface area contributed by atoms with Gasteiger partial charge in [0.25, 0.3) is 0 Å². The molecule has 5 nitrogen and oxygen atoms in total. The Labute approximate surface area is 86.9 Å². The summed E-state index contributed by atoms with van der Waals surface area (Å²) < 4.78 is 20.5. The van der Waals surface area contributed by atoms with Crippen LogP contribution in [0.2, 0.25) is 0 Å². The van der Waals surface area contributed by atoms with Gasteiger partial charge in [0, 0.05) is 0 Å². The lowest BCUT2D eigenvalue weighted by atomic mass is 10.3. The lowest BCUT2D eigenvalue weighted by Crippen LogP contribution is -2.21. The van der Waals surface area contributed by atoms with E-state index in [1.165, 1.54) is 7.11 Å². The van der Waals surface area contributed by atoms with Gasteiger partial charge in [-0.3, -0.25) is 0 Å². The highest BCUT2D eigenvalue weighted by molar-refractivity contribution is 5.86. The number of carbonyl (C=O) groups excluding carboxylic acids is 1. The number of rotatable bonds is 2. The number of furan rings is 1. The third kappa shape index (κ3) is 2.19. The first kappa shape index (κ1) is 10.2. The summed E-state index contributed by atoms with van der Waals surface area (Å²) in [7, 11) is 1.31. The zero-order valence-corrected chi connectivity index (χ0v) is 8.39. The van der Waals surface area contributed by atoms with Crippen molar-refractivity contribution in [3.63, 3.8) is 0 Å². The standard InChI is InChI=1S/C10H12O5/c1-12-10(11)8-3-2-7(15-8)9-6-13-4-5-14-9/h2-3,9H,4-6H2,1H3. The fraction of sp³-hybridized carbons (Fsp3) is 0.500. The average Bonchev–Trinajstić information content (AvgIpc) is 2.78. The molecular weight excluding hydrogens is 200 g/mol. The predicted molar refractivity (Wildman–Crippen MR) is 49.6 cm³/mol. The largest absolute Gasteiger partial charge is 0.463 e. The van der Waals surface area contributed by atoms with Crippen molar-refractivity contribution in [2.75, 3.05) is 26.9 Å². The number of hydrogen-bond donors (Lipinski definition) is 0. The van der Waals surface area contributed by atoms with Gasteiger partial charge in [0.1, 0.15) is 11.9 Å². The van der Waals surface area contributed by atoms with Gasteiger partial charge in [-0.25, -0.2) is 4.79 Å². The maximum absolute atomic E-state index is 11.1. The van der Waals surface area contributed by atoms with Crippen LogP contribution in [-0.4, -0.2) is 32.9 Å². The van der Waals surface area contributed by atoms with E-state index in [-0.39, 0.29) is 11.9 Å². The van der Waals surface area contributed by atoms with E-state index in [2.05, 4.69) is 4.74 Å². The van der Waals surface area contributed by atoms with E-state index in [0.29, 0.717) is 25.6 Å². The summed E-state index contributed by atoms with van der Waals surface area (Å²) in [6.07, 6.45) is -0.225.